The number of piperidine rings is 1. The molecule has 1 saturated heterocycles. The van der Waals surface area contributed by atoms with Crippen LogP contribution in [0, 0.1) is 6.92 Å². The van der Waals surface area contributed by atoms with E-state index in [0.29, 0.717) is 0 Å². The summed E-state index contributed by atoms with van der Waals surface area (Å²) in [5.74, 6) is 0.240. The monoisotopic (exact) mass is 233 g/mol. The van der Waals surface area contributed by atoms with Gasteiger partial charge >= 0.3 is 0 Å². The van der Waals surface area contributed by atoms with Gasteiger partial charge in [-0.15, -0.1) is 0 Å². The van der Waals surface area contributed by atoms with Gasteiger partial charge in [0.15, 0.2) is 0 Å². The molecule has 0 bridgehead atoms. The van der Waals surface area contributed by atoms with Gasteiger partial charge < -0.3 is 10.0 Å². The Morgan fingerprint density at radius 3 is 2.53 bits per heavy atom. The van der Waals surface area contributed by atoms with E-state index in [1.165, 1.54) is 49.2 Å². The number of benzene rings is 1. The minimum atomic E-state index is 0.225. The van der Waals surface area contributed by atoms with Crippen LogP contribution in [0.5, 0.6) is 0 Å². The van der Waals surface area contributed by atoms with Crippen LogP contribution < -0.4 is 4.90 Å². The molecule has 1 atom stereocenters. The zero-order valence-electron chi connectivity index (χ0n) is 10.9. The second-order valence-electron chi connectivity index (χ2n) is 5.18. The molecule has 1 aromatic carbocycles. The van der Waals surface area contributed by atoms with Crippen LogP contribution in [0.3, 0.4) is 0 Å². The number of nitrogens with zero attached hydrogens (tertiary/aromatic N) is 1. The fourth-order valence-electron chi connectivity index (χ4n) is 2.58. The van der Waals surface area contributed by atoms with Gasteiger partial charge in [0.2, 0.25) is 0 Å². The highest BCUT2D eigenvalue weighted by Gasteiger charge is 2.14. The maximum absolute atomic E-state index is 9.19. The van der Waals surface area contributed by atoms with Crippen LogP contribution in [0.4, 0.5) is 5.69 Å². The average molecular weight is 233 g/mol. The van der Waals surface area contributed by atoms with E-state index in [2.05, 4.69) is 36.9 Å². The van der Waals surface area contributed by atoms with Gasteiger partial charge in [0.25, 0.3) is 0 Å². The Morgan fingerprint density at radius 1 is 1.24 bits per heavy atom. The Hall–Kier alpha value is -1.02. The molecule has 0 saturated carbocycles. The smallest absolute Gasteiger partial charge is 0.0497 e. The van der Waals surface area contributed by atoms with Crippen LogP contribution in [-0.4, -0.2) is 24.8 Å². The van der Waals surface area contributed by atoms with E-state index < -0.39 is 0 Å². The summed E-state index contributed by atoms with van der Waals surface area (Å²) < 4.78 is 0. The number of rotatable bonds is 3. The SMILES string of the molecule is Cc1cc(C(C)CO)ccc1N1CCCCC1. The van der Waals surface area contributed by atoms with Crippen LogP contribution in [-0.2, 0) is 0 Å². The van der Waals surface area contributed by atoms with Gasteiger partial charge in [-0.3, -0.25) is 0 Å². The molecular weight excluding hydrogens is 210 g/mol. The fourth-order valence-corrected chi connectivity index (χ4v) is 2.58. The Morgan fingerprint density at radius 2 is 1.94 bits per heavy atom. The molecule has 1 unspecified atom stereocenters. The van der Waals surface area contributed by atoms with Crippen LogP contribution >= 0.6 is 0 Å². The minimum absolute atomic E-state index is 0.225. The average Bonchev–Trinajstić information content (AvgIpc) is 2.38. The van der Waals surface area contributed by atoms with Crippen molar-refractivity contribution in [1.82, 2.24) is 0 Å². The molecule has 2 nitrogen and oxygen atoms in total. The van der Waals surface area contributed by atoms with Crippen LogP contribution in [0.15, 0.2) is 18.2 Å². The second-order valence-corrected chi connectivity index (χ2v) is 5.18. The lowest BCUT2D eigenvalue weighted by Gasteiger charge is -2.30. The van der Waals surface area contributed by atoms with Crippen molar-refractivity contribution in [1.29, 1.82) is 0 Å². The first-order chi connectivity index (χ1) is 8.22. The van der Waals surface area contributed by atoms with E-state index in [4.69, 9.17) is 0 Å². The van der Waals surface area contributed by atoms with E-state index in [1.54, 1.807) is 0 Å². The Bertz CT molecular complexity index is 369. The number of aliphatic hydroxyl groups is 1. The predicted molar refractivity (Wildman–Crippen MR) is 72.7 cm³/mol. The third-order valence-electron chi connectivity index (χ3n) is 3.76. The third kappa shape index (κ3) is 2.81. The first-order valence-corrected chi connectivity index (χ1v) is 6.68. The number of hydrogen-bond acceptors (Lipinski definition) is 2. The predicted octanol–water partition coefficient (Wildman–Crippen LogP) is 3.08. The summed E-state index contributed by atoms with van der Waals surface area (Å²) in [5, 5.41) is 9.19. The van der Waals surface area contributed by atoms with E-state index >= 15 is 0 Å². The molecule has 0 aliphatic carbocycles. The number of anilines is 1. The minimum Gasteiger partial charge on any atom is -0.396 e. The second kappa shape index (κ2) is 5.54. The van der Waals surface area contributed by atoms with E-state index in [-0.39, 0.29) is 12.5 Å². The molecule has 1 aliphatic rings. The van der Waals surface area contributed by atoms with Crippen LogP contribution in [0.25, 0.3) is 0 Å². The third-order valence-corrected chi connectivity index (χ3v) is 3.76. The van der Waals surface area contributed by atoms with Crippen molar-refractivity contribution >= 4 is 5.69 Å². The van der Waals surface area contributed by atoms with Crippen LogP contribution in [0.1, 0.15) is 43.2 Å². The lowest BCUT2D eigenvalue weighted by atomic mass is 9.98. The highest BCUT2D eigenvalue weighted by Crippen LogP contribution is 2.27. The molecule has 0 radical (unpaired) electrons. The molecule has 1 heterocycles. The molecule has 1 aromatic rings. The maximum Gasteiger partial charge on any atom is 0.0497 e. The van der Waals surface area contributed by atoms with Gasteiger partial charge in [-0.1, -0.05) is 19.1 Å². The zero-order chi connectivity index (χ0) is 12.3. The summed E-state index contributed by atoms with van der Waals surface area (Å²) in [5.41, 5.74) is 3.95. The molecule has 94 valence electrons. The molecule has 0 spiro atoms. The normalized spacial score (nSPS) is 18.2. The molecule has 1 N–H and O–H groups in total. The molecular formula is C15H23NO. The molecule has 2 heteroatoms. The van der Waals surface area contributed by atoms with Gasteiger partial charge in [-0.2, -0.15) is 0 Å². The van der Waals surface area contributed by atoms with Crippen molar-refractivity contribution in [2.24, 2.45) is 0 Å². The first-order valence-electron chi connectivity index (χ1n) is 6.68. The Balaban J connectivity index is 2.18. The summed E-state index contributed by atoms with van der Waals surface area (Å²) in [7, 11) is 0. The standard InChI is InChI=1S/C15H23NO/c1-12-10-14(13(2)11-17)6-7-15(12)16-8-4-3-5-9-16/h6-7,10,13,17H,3-5,8-9,11H2,1-2H3. The molecule has 0 amide bonds. The molecule has 0 aromatic heterocycles. The summed E-state index contributed by atoms with van der Waals surface area (Å²) in [6.45, 7) is 6.85. The highest BCUT2D eigenvalue weighted by molar-refractivity contribution is 5.55. The van der Waals surface area contributed by atoms with Gasteiger partial charge in [-0.25, -0.2) is 0 Å². The summed E-state index contributed by atoms with van der Waals surface area (Å²) in [4.78, 5) is 2.49. The van der Waals surface area contributed by atoms with Crippen molar-refractivity contribution < 1.29 is 5.11 Å². The van der Waals surface area contributed by atoms with Crippen LogP contribution in [0.2, 0.25) is 0 Å². The summed E-state index contributed by atoms with van der Waals surface area (Å²) >= 11 is 0. The van der Waals surface area contributed by atoms with Crippen molar-refractivity contribution in [3.05, 3.63) is 29.3 Å². The Kier molecular flexibility index (Phi) is 4.06. The quantitative estimate of drug-likeness (QED) is 0.867. The van der Waals surface area contributed by atoms with E-state index in [1.807, 2.05) is 0 Å². The van der Waals surface area contributed by atoms with Crippen molar-refractivity contribution in [3.63, 3.8) is 0 Å². The maximum atomic E-state index is 9.19. The van der Waals surface area contributed by atoms with Crippen molar-refractivity contribution in [2.45, 2.75) is 39.0 Å². The number of aryl methyl sites for hydroxylation is 1. The first kappa shape index (κ1) is 12.4. The molecule has 2 rings (SSSR count). The van der Waals surface area contributed by atoms with Crippen molar-refractivity contribution in [2.75, 3.05) is 24.6 Å². The lowest BCUT2D eigenvalue weighted by molar-refractivity contribution is 0.273. The number of aliphatic hydroxyl groups excluding tert-OH is 1. The largest absolute Gasteiger partial charge is 0.396 e. The highest BCUT2D eigenvalue weighted by atomic mass is 16.3. The fraction of sp³-hybridized carbons (Fsp3) is 0.600. The van der Waals surface area contributed by atoms with Gasteiger partial charge in [-0.05, 0) is 43.4 Å². The van der Waals surface area contributed by atoms with Crippen molar-refractivity contribution in [3.8, 4) is 0 Å². The molecule has 1 fully saturated rings. The topological polar surface area (TPSA) is 23.5 Å². The summed E-state index contributed by atoms with van der Waals surface area (Å²) in [6, 6.07) is 6.62. The number of hydrogen-bond donors (Lipinski definition) is 1. The summed E-state index contributed by atoms with van der Waals surface area (Å²) in [6.07, 6.45) is 4.00. The molecule has 1 aliphatic heterocycles. The lowest BCUT2D eigenvalue weighted by Crippen LogP contribution is -2.29. The van der Waals surface area contributed by atoms with Gasteiger partial charge in [0, 0.05) is 31.3 Å². The van der Waals surface area contributed by atoms with Gasteiger partial charge in [0.1, 0.15) is 0 Å². The van der Waals surface area contributed by atoms with E-state index in [0.717, 1.165) is 0 Å². The Labute approximate surface area is 104 Å². The van der Waals surface area contributed by atoms with Gasteiger partial charge in [0.05, 0.1) is 0 Å². The zero-order valence-corrected chi connectivity index (χ0v) is 10.9. The van der Waals surface area contributed by atoms with E-state index in [9.17, 15) is 5.11 Å². The molecule has 17 heavy (non-hydrogen) atoms.